The van der Waals surface area contributed by atoms with E-state index in [0.717, 1.165) is 6.42 Å². The minimum Gasteiger partial charge on any atom is -0.390 e. The van der Waals surface area contributed by atoms with Crippen LogP contribution in [0.15, 0.2) is 0 Å². The van der Waals surface area contributed by atoms with Crippen molar-refractivity contribution in [1.82, 2.24) is 0 Å². The van der Waals surface area contributed by atoms with E-state index in [-0.39, 0.29) is 41.1 Å². The van der Waals surface area contributed by atoms with Gasteiger partial charge in [-0.3, -0.25) is 0 Å². The fourth-order valence-corrected chi connectivity index (χ4v) is 1.84. The van der Waals surface area contributed by atoms with Crippen LogP contribution in [0.1, 0.15) is 6.42 Å². The third-order valence-electron chi connectivity index (χ3n) is 1.33. The van der Waals surface area contributed by atoms with Crippen LogP contribution in [0.25, 0.3) is 0 Å². The summed E-state index contributed by atoms with van der Waals surface area (Å²) >= 11 is 0. The molecule has 0 saturated heterocycles. The van der Waals surface area contributed by atoms with E-state index in [1.165, 1.54) is 14.2 Å². The number of rotatable bonds is 5. The summed E-state index contributed by atoms with van der Waals surface area (Å²) in [5.41, 5.74) is 5.25. The zero-order valence-corrected chi connectivity index (χ0v) is 12.4. The average molecular weight is 287 g/mol. The van der Waals surface area contributed by atoms with Gasteiger partial charge in [-0.25, -0.2) is 0 Å². The Morgan fingerprint density at radius 3 is 1.85 bits per heavy atom. The normalized spacial score (nSPS) is 9.23. The summed E-state index contributed by atoms with van der Waals surface area (Å²) in [4.78, 5) is 9.40. The maximum absolute atomic E-state index is 9.40. The van der Waals surface area contributed by atoms with Crippen LogP contribution in [0.4, 0.5) is 0 Å². The molecule has 0 aliphatic heterocycles. The molecule has 0 saturated carbocycles. The van der Waals surface area contributed by atoms with Crippen molar-refractivity contribution in [3.63, 3.8) is 0 Å². The van der Waals surface area contributed by atoms with Gasteiger partial charge in [-0.05, 0) is 13.0 Å². The molecule has 6 heteroatoms. The molecule has 0 atom stereocenters. The Kier molecular flexibility index (Phi) is 23.5. The molecule has 0 unspecified atom stereocenters. The predicted octanol–water partition coefficient (Wildman–Crippen LogP) is 0.457. The van der Waals surface area contributed by atoms with Crippen molar-refractivity contribution in [3.05, 3.63) is 14.9 Å². The predicted molar refractivity (Wildman–Crippen MR) is 53.3 cm³/mol. The van der Waals surface area contributed by atoms with Crippen molar-refractivity contribution >= 4 is 8.80 Å². The van der Waals surface area contributed by atoms with Gasteiger partial charge in [0.1, 0.15) is 0 Å². The maximum atomic E-state index is 9.40. The van der Waals surface area contributed by atoms with Gasteiger partial charge < -0.3 is 34.2 Å². The first-order valence-corrected chi connectivity index (χ1v) is 5.18. The van der Waals surface area contributed by atoms with Crippen LogP contribution in [0, 0.1) is 14.9 Å². The smallest absolute Gasteiger partial charge is 0.390 e. The zero-order valence-electron chi connectivity index (χ0n) is 8.96. The van der Waals surface area contributed by atoms with Crippen molar-refractivity contribution in [3.8, 4) is 0 Å². The van der Waals surface area contributed by atoms with Crippen LogP contribution < -0.4 is 5.73 Å². The van der Waals surface area contributed by atoms with Crippen molar-refractivity contribution in [1.29, 1.82) is 0 Å². The summed E-state index contributed by atoms with van der Waals surface area (Å²) in [6, 6.07) is 0.538. The molecule has 13 heavy (non-hydrogen) atoms. The monoisotopic (exact) mass is 285 g/mol. The van der Waals surface area contributed by atoms with Crippen molar-refractivity contribution in [2.75, 3.05) is 20.8 Å². The summed E-state index contributed by atoms with van der Waals surface area (Å²) < 4.78 is 9.61. The second kappa shape index (κ2) is 12.9. The number of hydrogen-bond acceptors (Lipinski definition) is 4. The van der Waals surface area contributed by atoms with Gasteiger partial charge in [0, 0.05) is 20.3 Å². The van der Waals surface area contributed by atoms with Gasteiger partial charge in [0.05, 0.1) is 0 Å². The Hall–Kier alpha value is 0.940. The largest absolute Gasteiger partial charge is 2.00 e. The molecule has 4 nitrogen and oxygen atoms in total. The first kappa shape index (κ1) is 23.6. The molecule has 0 rings (SSSR count). The molecule has 0 aliphatic rings. The molecular formula is C7H21NO3SiZr. The van der Waals surface area contributed by atoms with Gasteiger partial charge in [-0.2, -0.15) is 0 Å². The van der Waals surface area contributed by atoms with Crippen molar-refractivity contribution < 1.29 is 39.9 Å². The Bertz CT molecular complexity index is 93.8. The van der Waals surface area contributed by atoms with Crippen LogP contribution in [-0.2, 0) is 35.1 Å². The Balaban J connectivity index is -0.000000135. The SMILES string of the molecule is CO[Si](O)(CCCN)OC.[CH3-].[CH3-].[Zr+2]. The van der Waals surface area contributed by atoms with Crippen LogP contribution in [0.2, 0.25) is 6.04 Å². The molecule has 0 aromatic rings. The summed E-state index contributed by atoms with van der Waals surface area (Å²) in [6.07, 6.45) is 0.740. The van der Waals surface area contributed by atoms with Crippen LogP contribution in [0.3, 0.4) is 0 Å². The average Bonchev–Trinajstić information content (AvgIpc) is 2.00. The van der Waals surface area contributed by atoms with Gasteiger partial charge in [0.2, 0.25) is 0 Å². The third kappa shape index (κ3) is 10.9. The summed E-state index contributed by atoms with van der Waals surface area (Å²) in [5.74, 6) is 0. The topological polar surface area (TPSA) is 64.7 Å². The molecule has 0 bridgehead atoms. The number of hydrogen-bond donors (Lipinski definition) is 2. The fraction of sp³-hybridized carbons (Fsp3) is 0.714. The van der Waals surface area contributed by atoms with Gasteiger partial charge in [-0.1, -0.05) is 0 Å². The Labute approximate surface area is 102 Å². The van der Waals surface area contributed by atoms with E-state index in [0.29, 0.717) is 12.6 Å². The van der Waals surface area contributed by atoms with E-state index in [1.807, 2.05) is 0 Å². The van der Waals surface area contributed by atoms with Crippen LogP contribution >= 0.6 is 0 Å². The van der Waals surface area contributed by atoms with E-state index < -0.39 is 8.80 Å². The Morgan fingerprint density at radius 1 is 1.23 bits per heavy atom. The van der Waals surface area contributed by atoms with Crippen LogP contribution in [0.5, 0.6) is 0 Å². The van der Waals surface area contributed by atoms with E-state index in [1.54, 1.807) is 0 Å². The molecule has 0 radical (unpaired) electrons. The molecule has 0 aromatic heterocycles. The van der Waals surface area contributed by atoms with Gasteiger partial charge >= 0.3 is 35.0 Å². The first-order valence-electron chi connectivity index (χ1n) is 3.21. The van der Waals surface area contributed by atoms with Crippen molar-refractivity contribution in [2.45, 2.75) is 12.5 Å². The molecule has 0 fully saturated rings. The minimum atomic E-state index is -2.80. The molecular weight excluding hydrogens is 265 g/mol. The minimum absolute atomic E-state index is 0. The van der Waals surface area contributed by atoms with Gasteiger partial charge in [0.25, 0.3) is 0 Å². The molecule has 0 heterocycles. The van der Waals surface area contributed by atoms with Gasteiger partial charge in [-0.15, -0.1) is 0 Å². The summed E-state index contributed by atoms with van der Waals surface area (Å²) in [7, 11) is 0.103. The van der Waals surface area contributed by atoms with E-state index in [2.05, 4.69) is 0 Å². The summed E-state index contributed by atoms with van der Waals surface area (Å²) in [6.45, 7) is 0.558. The Morgan fingerprint density at radius 2 is 1.62 bits per heavy atom. The molecule has 0 aromatic carbocycles. The van der Waals surface area contributed by atoms with Crippen molar-refractivity contribution in [2.24, 2.45) is 5.73 Å². The number of nitrogens with two attached hydrogens (primary N) is 1. The second-order valence-corrected chi connectivity index (χ2v) is 4.76. The van der Waals surface area contributed by atoms with E-state index in [9.17, 15) is 4.80 Å². The van der Waals surface area contributed by atoms with E-state index in [4.69, 9.17) is 14.6 Å². The molecule has 3 N–H and O–H groups in total. The standard InChI is InChI=1S/C5H15NO3Si.2CH3.Zr/c1-8-10(7,9-2)5-3-4-6;;;/h7H,3-6H2,1-2H3;2*1H3;/q;2*-1;+2. The molecule has 0 aliphatic carbocycles. The van der Waals surface area contributed by atoms with E-state index >= 15 is 0 Å². The molecule has 0 spiro atoms. The maximum Gasteiger partial charge on any atom is 2.00 e. The third-order valence-corrected chi connectivity index (χ3v) is 3.60. The van der Waals surface area contributed by atoms with Crippen LogP contribution in [-0.4, -0.2) is 34.4 Å². The summed E-state index contributed by atoms with van der Waals surface area (Å²) in [5, 5.41) is 0. The van der Waals surface area contributed by atoms with Gasteiger partial charge in [0.15, 0.2) is 0 Å². The fourth-order valence-electron chi connectivity index (χ4n) is 0.613. The quantitative estimate of drug-likeness (QED) is 0.569. The molecule has 80 valence electrons. The first-order chi connectivity index (χ1) is 4.68. The zero-order chi connectivity index (χ0) is 8.04. The second-order valence-electron chi connectivity index (χ2n) is 2.01. The molecule has 0 amide bonds.